The smallest absolute Gasteiger partial charge is 0.280 e. The Bertz CT molecular complexity index is 717. The van der Waals surface area contributed by atoms with Crippen molar-refractivity contribution in [3.8, 4) is 5.75 Å². The standard InChI is InChI=1S/C17H16ClFN2O2/c1-11-9-14(18)5-8-16(11)23-12(2)17(22)21-20-10-13-3-6-15(19)7-4-13/h3-10,12H,1-2H3,(H,21,22)/b20-10+/t12-/m1/s1. The molecule has 2 aromatic rings. The zero-order valence-corrected chi connectivity index (χ0v) is 13.5. The number of carbonyl (C=O) groups is 1. The van der Waals surface area contributed by atoms with Gasteiger partial charge >= 0.3 is 0 Å². The van der Waals surface area contributed by atoms with Gasteiger partial charge in [-0.25, -0.2) is 9.82 Å². The molecule has 0 aliphatic heterocycles. The number of hydrogen-bond acceptors (Lipinski definition) is 3. The van der Waals surface area contributed by atoms with E-state index in [2.05, 4.69) is 10.5 Å². The molecule has 1 amide bonds. The van der Waals surface area contributed by atoms with Crippen molar-refractivity contribution in [2.75, 3.05) is 0 Å². The van der Waals surface area contributed by atoms with Gasteiger partial charge in [-0.15, -0.1) is 0 Å². The summed E-state index contributed by atoms with van der Waals surface area (Å²) < 4.78 is 18.4. The van der Waals surface area contributed by atoms with Crippen LogP contribution >= 0.6 is 11.6 Å². The van der Waals surface area contributed by atoms with Crippen molar-refractivity contribution in [3.63, 3.8) is 0 Å². The van der Waals surface area contributed by atoms with E-state index in [4.69, 9.17) is 16.3 Å². The molecule has 0 heterocycles. The van der Waals surface area contributed by atoms with Crippen molar-refractivity contribution in [1.29, 1.82) is 0 Å². The summed E-state index contributed by atoms with van der Waals surface area (Å²) in [5.74, 6) is -0.135. The zero-order valence-electron chi connectivity index (χ0n) is 12.7. The predicted molar refractivity (Wildman–Crippen MR) is 88.4 cm³/mol. The molecule has 0 spiro atoms. The third-order valence-corrected chi connectivity index (χ3v) is 3.30. The van der Waals surface area contributed by atoms with Crippen LogP contribution in [0, 0.1) is 12.7 Å². The first-order valence-electron chi connectivity index (χ1n) is 6.97. The number of hydrogen-bond donors (Lipinski definition) is 1. The number of benzene rings is 2. The molecular weight excluding hydrogens is 319 g/mol. The molecule has 0 bridgehead atoms. The minimum atomic E-state index is -0.722. The average Bonchev–Trinajstić information content (AvgIpc) is 2.51. The Balaban J connectivity index is 1.90. The average molecular weight is 335 g/mol. The molecule has 1 N–H and O–H groups in total. The van der Waals surface area contributed by atoms with Crippen LogP contribution in [0.3, 0.4) is 0 Å². The molecule has 0 aliphatic carbocycles. The number of nitrogens with one attached hydrogen (secondary N) is 1. The highest BCUT2D eigenvalue weighted by Gasteiger charge is 2.15. The van der Waals surface area contributed by atoms with E-state index in [0.29, 0.717) is 16.3 Å². The second-order valence-corrected chi connectivity index (χ2v) is 5.39. The van der Waals surface area contributed by atoms with Crippen LogP contribution in [-0.2, 0) is 4.79 Å². The highest BCUT2D eigenvalue weighted by molar-refractivity contribution is 6.30. The van der Waals surface area contributed by atoms with E-state index in [0.717, 1.165) is 5.56 Å². The molecule has 1 atom stereocenters. The van der Waals surface area contributed by atoms with Crippen LogP contribution in [0.25, 0.3) is 0 Å². The Morgan fingerprint density at radius 1 is 1.30 bits per heavy atom. The van der Waals surface area contributed by atoms with E-state index in [1.54, 1.807) is 37.3 Å². The van der Waals surface area contributed by atoms with Gasteiger partial charge in [-0.2, -0.15) is 5.10 Å². The number of amides is 1. The second-order valence-electron chi connectivity index (χ2n) is 4.96. The summed E-state index contributed by atoms with van der Waals surface area (Å²) >= 11 is 5.88. The third kappa shape index (κ3) is 5.07. The van der Waals surface area contributed by atoms with Crippen molar-refractivity contribution in [2.24, 2.45) is 5.10 Å². The molecule has 0 saturated carbocycles. The molecule has 2 aromatic carbocycles. The Morgan fingerprint density at radius 2 is 2.00 bits per heavy atom. The lowest BCUT2D eigenvalue weighted by Gasteiger charge is -2.14. The molecule has 0 unspecified atom stereocenters. The predicted octanol–water partition coefficient (Wildman–Crippen LogP) is 3.71. The quantitative estimate of drug-likeness (QED) is 0.669. The number of nitrogens with zero attached hydrogens (tertiary/aromatic N) is 1. The Hall–Kier alpha value is -2.40. The summed E-state index contributed by atoms with van der Waals surface area (Å²) in [6.07, 6.45) is 0.706. The summed E-state index contributed by atoms with van der Waals surface area (Å²) in [7, 11) is 0. The molecule has 23 heavy (non-hydrogen) atoms. The fourth-order valence-corrected chi connectivity index (χ4v) is 2.03. The van der Waals surface area contributed by atoms with Gasteiger partial charge in [-0.1, -0.05) is 23.7 Å². The summed E-state index contributed by atoms with van der Waals surface area (Å²) in [6, 6.07) is 10.9. The lowest BCUT2D eigenvalue weighted by molar-refractivity contribution is -0.127. The molecule has 0 aromatic heterocycles. The van der Waals surface area contributed by atoms with Gasteiger partial charge in [0.25, 0.3) is 5.91 Å². The van der Waals surface area contributed by atoms with Gasteiger partial charge in [-0.05, 0) is 55.3 Å². The normalized spacial score (nSPS) is 12.2. The third-order valence-electron chi connectivity index (χ3n) is 3.07. The molecule has 2 rings (SSSR count). The van der Waals surface area contributed by atoms with E-state index in [1.165, 1.54) is 18.3 Å². The maximum atomic E-state index is 12.8. The van der Waals surface area contributed by atoms with Gasteiger partial charge in [0.15, 0.2) is 6.10 Å². The van der Waals surface area contributed by atoms with Crippen LogP contribution in [0.15, 0.2) is 47.6 Å². The van der Waals surface area contributed by atoms with Crippen LogP contribution in [0.2, 0.25) is 5.02 Å². The van der Waals surface area contributed by atoms with Crippen LogP contribution in [0.4, 0.5) is 4.39 Å². The fraction of sp³-hybridized carbons (Fsp3) is 0.176. The highest BCUT2D eigenvalue weighted by atomic mass is 35.5. The van der Waals surface area contributed by atoms with Gasteiger partial charge in [0.1, 0.15) is 11.6 Å². The highest BCUT2D eigenvalue weighted by Crippen LogP contribution is 2.22. The van der Waals surface area contributed by atoms with E-state index >= 15 is 0 Å². The molecule has 0 aliphatic rings. The topological polar surface area (TPSA) is 50.7 Å². The van der Waals surface area contributed by atoms with E-state index in [9.17, 15) is 9.18 Å². The van der Waals surface area contributed by atoms with Crippen LogP contribution in [0.5, 0.6) is 5.75 Å². The summed E-state index contributed by atoms with van der Waals surface area (Å²) in [6.45, 7) is 3.47. The van der Waals surface area contributed by atoms with Crippen molar-refractivity contribution in [3.05, 3.63) is 64.4 Å². The molecule has 4 nitrogen and oxygen atoms in total. The van der Waals surface area contributed by atoms with Crippen molar-refractivity contribution >= 4 is 23.7 Å². The second kappa shape index (κ2) is 7.74. The summed E-state index contributed by atoms with van der Waals surface area (Å²) in [5.41, 5.74) is 3.90. The minimum absolute atomic E-state index is 0.327. The minimum Gasteiger partial charge on any atom is -0.481 e. The van der Waals surface area contributed by atoms with Crippen LogP contribution < -0.4 is 10.2 Å². The first-order valence-corrected chi connectivity index (χ1v) is 7.35. The fourth-order valence-electron chi connectivity index (χ4n) is 1.80. The van der Waals surface area contributed by atoms with Gasteiger partial charge in [0.05, 0.1) is 6.21 Å². The number of aryl methyl sites for hydroxylation is 1. The first-order chi connectivity index (χ1) is 11.0. The lowest BCUT2D eigenvalue weighted by Crippen LogP contribution is -2.33. The maximum Gasteiger partial charge on any atom is 0.280 e. The number of hydrazone groups is 1. The van der Waals surface area contributed by atoms with Crippen molar-refractivity contribution < 1.29 is 13.9 Å². The molecule has 0 fully saturated rings. The molecule has 0 radical (unpaired) electrons. The van der Waals surface area contributed by atoms with Gasteiger partial charge in [0.2, 0.25) is 0 Å². The van der Waals surface area contributed by atoms with Crippen molar-refractivity contribution in [2.45, 2.75) is 20.0 Å². The first kappa shape index (κ1) is 17.0. The number of ether oxygens (including phenoxy) is 1. The Kier molecular flexibility index (Phi) is 5.71. The van der Waals surface area contributed by atoms with Gasteiger partial charge in [0, 0.05) is 5.02 Å². The van der Waals surface area contributed by atoms with Crippen LogP contribution in [0.1, 0.15) is 18.1 Å². The number of carbonyl (C=O) groups excluding carboxylic acids is 1. The summed E-state index contributed by atoms with van der Waals surface area (Å²) in [5, 5.41) is 4.43. The van der Waals surface area contributed by atoms with E-state index in [1.807, 2.05) is 6.92 Å². The Labute approximate surface area is 138 Å². The van der Waals surface area contributed by atoms with Crippen molar-refractivity contribution in [1.82, 2.24) is 5.43 Å². The molecule has 120 valence electrons. The van der Waals surface area contributed by atoms with Crippen LogP contribution in [-0.4, -0.2) is 18.2 Å². The number of rotatable bonds is 5. The van der Waals surface area contributed by atoms with Gasteiger partial charge < -0.3 is 4.74 Å². The molecular formula is C17H16ClFN2O2. The molecule has 6 heteroatoms. The van der Waals surface area contributed by atoms with Gasteiger partial charge in [-0.3, -0.25) is 4.79 Å². The van der Waals surface area contributed by atoms with E-state index < -0.39 is 12.0 Å². The SMILES string of the molecule is Cc1cc(Cl)ccc1O[C@H](C)C(=O)N/N=C/c1ccc(F)cc1. The monoisotopic (exact) mass is 334 g/mol. The molecule has 0 saturated heterocycles. The zero-order chi connectivity index (χ0) is 16.8. The summed E-state index contributed by atoms with van der Waals surface area (Å²) in [4.78, 5) is 11.9. The maximum absolute atomic E-state index is 12.8. The number of halogens is 2. The van der Waals surface area contributed by atoms with E-state index in [-0.39, 0.29) is 5.82 Å². The lowest BCUT2D eigenvalue weighted by atomic mass is 10.2. The Morgan fingerprint density at radius 3 is 2.65 bits per heavy atom. The largest absolute Gasteiger partial charge is 0.481 e.